The molecule has 15 heavy (non-hydrogen) atoms. The third kappa shape index (κ3) is 3.21. The Morgan fingerprint density at radius 1 is 1.33 bits per heavy atom. The monoisotopic (exact) mass is 246 g/mol. The number of hydrogen-bond acceptors (Lipinski definition) is 2. The first-order chi connectivity index (χ1) is 6.95. The smallest absolute Gasteiger partial charge is 0.283 e. The van der Waals surface area contributed by atoms with Crippen molar-refractivity contribution < 1.29 is 8.42 Å². The van der Waals surface area contributed by atoms with Gasteiger partial charge in [-0.15, -0.1) is 4.40 Å². The van der Waals surface area contributed by atoms with E-state index < -0.39 is 10.0 Å². The van der Waals surface area contributed by atoms with E-state index in [1.165, 1.54) is 24.3 Å². The summed E-state index contributed by atoms with van der Waals surface area (Å²) in [5.74, 6) is 0.338. The molecule has 82 valence electrons. The molecule has 4 nitrogen and oxygen atoms in total. The Kier molecular flexibility index (Phi) is 3.71. The minimum atomic E-state index is -3.62. The van der Waals surface area contributed by atoms with Crippen molar-refractivity contribution in [2.45, 2.75) is 11.8 Å². The summed E-state index contributed by atoms with van der Waals surface area (Å²) in [6, 6.07) is 5.87. The van der Waals surface area contributed by atoms with Crippen LogP contribution in [0.1, 0.15) is 6.92 Å². The van der Waals surface area contributed by atoms with Crippen LogP contribution in [0.3, 0.4) is 0 Å². The van der Waals surface area contributed by atoms with Crippen LogP contribution in [0.2, 0.25) is 5.02 Å². The summed E-state index contributed by atoms with van der Waals surface area (Å²) in [6.45, 7) is 1.58. The first-order valence-corrected chi connectivity index (χ1v) is 6.02. The summed E-state index contributed by atoms with van der Waals surface area (Å²) < 4.78 is 26.8. The van der Waals surface area contributed by atoms with Gasteiger partial charge >= 0.3 is 0 Å². The van der Waals surface area contributed by atoms with Crippen LogP contribution in [0.15, 0.2) is 33.6 Å². The molecule has 1 aromatic rings. The molecule has 0 aliphatic heterocycles. The van der Waals surface area contributed by atoms with E-state index >= 15 is 0 Å². The summed E-state index contributed by atoms with van der Waals surface area (Å²) >= 11 is 5.65. The highest BCUT2D eigenvalue weighted by molar-refractivity contribution is 7.90. The quantitative estimate of drug-likeness (QED) is 0.638. The van der Waals surface area contributed by atoms with Gasteiger partial charge in [0, 0.05) is 12.1 Å². The van der Waals surface area contributed by atoms with Crippen LogP contribution in [0.5, 0.6) is 0 Å². The van der Waals surface area contributed by atoms with Crippen LogP contribution in [0.25, 0.3) is 0 Å². The average molecular weight is 247 g/mol. The normalized spacial score (nSPS) is 12.6. The third-order valence-corrected chi connectivity index (χ3v) is 3.36. The van der Waals surface area contributed by atoms with Crippen molar-refractivity contribution in [2.75, 3.05) is 7.05 Å². The molecule has 6 heteroatoms. The van der Waals surface area contributed by atoms with Crippen LogP contribution in [0.4, 0.5) is 0 Å². The van der Waals surface area contributed by atoms with Crippen LogP contribution in [-0.2, 0) is 10.0 Å². The number of hydrogen-bond donors (Lipinski definition) is 1. The second kappa shape index (κ2) is 4.63. The van der Waals surface area contributed by atoms with Gasteiger partial charge < -0.3 is 5.32 Å². The van der Waals surface area contributed by atoms with Crippen LogP contribution >= 0.6 is 11.6 Å². The largest absolute Gasteiger partial charge is 0.376 e. The van der Waals surface area contributed by atoms with E-state index in [0.29, 0.717) is 10.9 Å². The van der Waals surface area contributed by atoms with E-state index in [1.807, 2.05) is 0 Å². The Bertz CT molecular complexity index is 465. The van der Waals surface area contributed by atoms with Gasteiger partial charge in [-0.3, -0.25) is 0 Å². The topological polar surface area (TPSA) is 58.5 Å². The van der Waals surface area contributed by atoms with Gasteiger partial charge in [-0.1, -0.05) is 11.6 Å². The van der Waals surface area contributed by atoms with Gasteiger partial charge in [0.1, 0.15) is 5.84 Å². The molecule has 0 bridgehead atoms. The molecule has 0 fully saturated rings. The molecule has 1 aromatic carbocycles. The van der Waals surface area contributed by atoms with E-state index in [1.54, 1.807) is 14.0 Å². The minimum absolute atomic E-state index is 0.126. The summed E-state index contributed by atoms with van der Waals surface area (Å²) in [4.78, 5) is 0.126. The number of sulfonamides is 1. The van der Waals surface area contributed by atoms with Crippen molar-refractivity contribution in [3.05, 3.63) is 29.3 Å². The van der Waals surface area contributed by atoms with Gasteiger partial charge in [0.2, 0.25) is 0 Å². The molecule has 0 aromatic heterocycles. The lowest BCUT2D eigenvalue weighted by atomic mass is 10.4. The molecule has 1 rings (SSSR count). The highest BCUT2D eigenvalue weighted by atomic mass is 35.5. The Labute approximate surface area is 94.0 Å². The molecule has 0 unspecified atom stereocenters. The SMILES string of the molecule is CN/C(C)=N\S(=O)(=O)c1ccc(Cl)cc1. The predicted molar refractivity (Wildman–Crippen MR) is 60.8 cm³/mol. The average Bonchev–Trinajstić information content (AvgIpc) is 2.17. The zero-order valence-corrected chi connectivity index (χ0v) is 9.93. The third-order valence-electron chi connectivity index (χ3n) is 1.73. The molecule has 0 heterocycles. The molecule has 0 saturated carbocycles. The molecule has 0 radical (unpaired) electrons. The first kappa shape index (κ1) is 12.0. The van der Waals surface area contributed by atoms with Gasteiger partial charge in [-0.25, -0.2) is 0 Å². The van der Waals surface area contributed by atoms with E-state index in [0.717, 1.165) is 0 Å². The molecule has 0 atom stereocenters. The molecule has 0 aliphatic carbocycles. The number of nitrogens with zero attached hydrogens (tertiary/aromatic N) is 1. The standard InChI is InChI=1S/C9H11ClN2O2S/c1-7(11-2)12-15(13,14)9-5-3-8(10)4-6-9/h3-6H,1-2H3,(H,11,12). The maximum absolute atomic E-state index is 11.6. The summed E-state index contributed by atoms with van der Waals surface area (Å²) in [5.41, 5.74) is 0. The van der Waals surface area contributed by atoms with Gasteiger partial charge in [0.25, 0.3) is 10.0 Å². The fourth-order valence-electron chi connectivity index (χ4n) is 0.885. The highest BCUT2D eigenvalue weighted by Crippen LogP contribution is 2.15. The Hall–Kier alpha value is -1.07. The zero-order valence-electron chi connectivity index (χ0n) is 8.36. The number of benzene rings is 1. The maximum atomic E-state index is 11.6. The number of halogens is 1. The molecule has 0 amide bonds. The summed E-state index contributed by atoms with van der Waals surface area (Å²) in [7, 11) is -2.01. The number of rotatable bonds is 2. The molecular formula is C9H11ClN2O2S. The van der Waals surface area contributed by atoms with Crippen molar-refractivity contribution in [3.63, 3.8) is 0 Å². The second-order valence-corrected chi connectivity index (χ2v) is 4.90. The Morgan fingerprint density at radius 3 is 2.33 bits per heavy atom. The van der Waals surface area contributed by atoms with E-state index in [9.17, 15) is 8.42 Å². The van der Waals surface area contributed by atoms with Gasteiger partial charge in [0.05, 0.1) is 4.90 Å². The van der Waals surface area contributed by atoms with Gasteiger partial charge in [-0.2, -0.15) is 8.42 Å². The van der Waals surface area contributed by atoms with Crippen molar-refractivity contribution >= 4 is 27.5 Å². The van der Waals surface area contributed by atoms with Crippen molar-refractivity contribution in [2.24, 2.45) is 4.40 Å². The van der Waals surface area contributed by atoms with E-state index in [2.05, 4.69) is 9.71 Å². The fraction of sp³-hybridized carbons (Fsp3) is 0.222. The lowest BCUT2D eigenvalue weighted by molar-refractivity contribution is 0.598. The van der Waals surface area contributed by atoms with E-state index in [4.69, 9.17) is 11.6 Å². The molecule has 1 N–H and O–H groups in total. The lowest BCUT2D eigenvalue weighted by Gasteiger charge is -2.01. The maximum Gasteiger partial charge on any atom is 0.283 e. The summed E-state index contributed by atoms with van der Waals surface area (Å²) in [5, 5.41) is 3.14. The second-order valence-electron chi connectivity index (χ2n) is 2.86. The molecule has 0 aliphatic rings. The first-order valence-electron chi connectivity index (χ1n) is 4.20. The Balaban J connectivity index is 3.13. The Morgan fingerprint density at radius 2 is 1.87 bits per heavy atom. The predicted octanol–water partition coefficient (Wildman–Crippen LogP) is 1.67. The highest BCUT2D eigenvalue weighted by Gasteiger charge is 2.12. The summed E-state index contributed by atoms with van der Waals surface area (Å²) in [6.07, 6.45) is 0. The van der Waals surface area contributed by atoms with Crippen LogP contribution in [-0.4, -0.2) is 21.3 Å². The number of amidine groups is 1. The lowest BCUT2D eigenvalue weighted by Crippen LogP contribution is -2.16. The van der Waals surface area contributed by atoms with Gasteiger partial charge in [-0.05, 0) is 31.2 Å². The van der Waals surface area contributed by atoms with Crippen LogP contribution in [0, 0.1) is 0 Å². The van der Waals surface area contributed by atoms with Crippen LogP contribution < -0.4 is 5.32 Å². The zero-order chi connectivity index (χ0) is 11.5. The van der Waals surface area contributed by atoms with Gasteiger partial charge in [0.15, 0.2) is 0 Å². The number of nitrogens with one attached hydrogen (secondary N) is 1. The molecule has 0 saturated heterocycles. The van der Waals surface area contributed by atoms with Crippen molar-refractivity contribution in [1.82, 2.24) is 5.32 Å². The minimum Gasteiger partial charge on any atom is -0.376 e. The van der Waals surface area contributed by atoms with Crippen molar-refractivity contribution in [1.29, 1.82) is 0 Å². The molecular weight excluding hydrogens is 236 g/mol. The molecule has 0 spiro atoms. The van der Waals surface area contributed by atoms with E-state index in [-0.39, 0.29) is 4.90 Å². The fourth-order valence-corrected chi connectivity index (χ4v) is 2.05. The van der Waals surface area contributed by atoms with Crippen molar-refractivity contribution in [3.8, 4) is 0 Å².